The summed E-state index contributed by atoms with van der Waals surface area (Å²) in [6.45, 7) is 1.81. The number of carbonyl (C=O) groups excluding carboxylic acids is 1. The van der Waals surface area contributed by atoms with Crippen molar-refractivity contribution in [2.75, 3.05) is 13.1 Å². The van der Waals surface area contributed by atoms with Crippen molar-refractivity contribution < 1.29 is 4.79 Å². The first-order valence-corrected chi connectivity index (χ1v) is 6.71. The lowest BCUT2D eigenvalue weighted by Crippen LogP contribution is -2.48. The molecule has 0 N–H and O–H groups in total. The first kappa shape index (κ1) is 11.6. The molecule has 96 valence electrons. The molecule has 3 rings (SSSR count). The van der Waals surface area contributed by atoms with E-state index in [1.54, 1.807) is 6.20 Å². The molecule has 1 aromatic rings. The Morgan fingerprint density at radius 1 is 1.22 bits per heavy atom. The number of hydrogen-bond acceptors (Lipinski definition) is 4. The van der Waals surface area contributed by atoms with Crippen LogP contribution in [0.3, 0.4) is 0 Å². The quantitative estimate of drug-likeness (QED) is 0.794. The Hall–Kier alpha value is -1.49. The molecular formula is C13H18N4O. The molecule has 5 heteroatoms. The number of amides is 1. The van der Waals surface area contributed by atoms with Gasteiger partial charge in [0.25, 0.3) is 0 Å². The maximum absolute atomic E-state index is 11.9. The number of aromatic nitrogens is 2. The van der Waals surface area contributed by atoms with Gasteiger partial charge in [-0.15, -0.1) is 0 Å². The highest BCUT2D eigenvalue weighted by molar-refractivity contribution is 5.77. The Morgan fingerprint density at radius 3 is 2.89 bits per heavy atom. The number of nitrogens with zero attached hydrogens (tertiary/aromatic N) is 4. The molecule has 2 fully saturated rings. The predicted molar refractivity (Wildman–Crippen MR) is 66.3 cm³/mol. The van der Waals surface area contributed by atoms with Crippen molar-refractivity contribution in [1.82, 2.24) is 20.2 Å². The summed E-state index contributed by atoms with van der Waals surface area (Å²) in [6.07, 6.45) is 6.76. The van der Waals surface area contributed by atoms with Crippen molar-refractivity contribution in [2.45, 2.75) is 38.1 Å². The van der Waals surface area contributed by atoms with Gasteiger partial charge in [-0.3, -0.25) is 9.80 Å². The Labute approximate surface area is 107 Å². The zero-order valence-electron chi connectivity index (χ0n) is 10.5. The lowest BCUT2D eigenvalue weighted by atomic mass is 10.0. The molecule has 0 saturated carbocycles. The van der Waals surface area contributed by atoms with Crippen molar-refractivity contribution >= 4 is 5.91 Å². The van der Waals surface area contributed by atoms with Crippen LogP contribution < -0.4 is 0 Å². The third-order valence-electron chi connectivity index (χ3n) is 3.77. The van der Waals surface area contributed by atoms with Gasteiger partial charge in [-0.25, -0.2) is 5.01 Å². The van der Waals surface area contributed by atoms with Crippen molar-refractivity contribution in [2.24, 2.45) is 0 Å². The maximum atomic E-state index is 11.9. The molecule has 1 amide bonds. The normalized spacial score (nSPS) is 25.7. The molecule has 18 heavy (non-hydrogen) atoms. The van der Waals surface area contributed by atoms with E-state index in [2.05, 4.69) is 15.2 Å². The zero-order chi connectivity index (χ0) is 12.4. The van der Waals surface area contributed by atoms with Gasteiger partial charge < -0.3 is 0 Å². The highest BCUT2D eigenvalue weighted by Gasteiger charge is 2.34. The average molecular weight is 246 g/mol. The van der Waals surface area contributed by atoms with Crippen LogP contribution >= 0.6 is 0 Å². The van der Waals surface area contributed by atoms with E-state index in [1.165, 1.54) is 6.42 Å². The highest BCUT2D eigenvalue weighted by Crippen LogP contribution is 2.32. The maximum Gasteiger partial charge on any atom is 0.236 e. The van der Waals surface area contributed by atoms with E-state index in [0.717, 1.165) is 38.0 Å². The molecule has 2 aliphatic heterocycles. The topological polar surface area (TPSA) is 49.3 Å². The second kappa shape index (κ2) is 5.02. The number of piperidine rings is 1. The van der Waals surface area contributed by atoms with Gasteiger partial charge >= 0.3 is 0 Å². The third-order valence-corrected chi connectivity index (χ3v) is 3.77. The van der Waals surface area contributed by atoms with E-state index in [1.807, 2.05) is 17.1 Å². The van der Waals surface area contributed by atoms with Crippen molar-refractivity contribution in [3.8, 4) is 0 Å². The van der Waals surface area contributed by atoms with E-state index in [-0.39, 0.29) is 11.9 Å². The zero-order valence-corrected chi connectivity index (χ0v) is 10.5. The van der Waals surface area contributed by atoms with Crippen LogP contribution in [0.1, 0.15) is 43.8 Å². The fraction of sp³-hybridized carbons (Fsp3) is 0.615. The Morgan fingerprint density at radius 2 is 2.17 bits per heavy atom. The van der Waals surface area contributed by atoms with Crippen molar-refractivity contribution in [3.05, 3.63) is 24.0 Å². The Kier molecular flexibility index (Phi) is 3.23. The second-order valence-electron chi connectivity index (χ2n) is 4.94. The van der Waals surface area contributed by atoms with Gasteiger partial charge in [0.1, 0.15) is 0 Å². The van der Waals surface area contributed by atoms with E-state index in [4.69, 9.17) is 0 Å². The van der Waals surface area contributed by atoms with Crippen LogP contribution in [-0.2, 0) is 4.79 Å². The summed E-state index contributed by atoms with van der Waals surface area (Å²) < 4.78 is 0. The molecule has 2 saturated heterocycles. The van der Waals surface area contributed by atoms with Gasteiger partial charge in [0.15, 0.2) is 0 Å². The van der Waals surface area contributed by atoms with Crippen LogP contribution in [0.2, 0.25) is 0 Å². The molecule has 0 spiro atoms. The van der Waals surface area contributed by atoms with Crippen molar-refractivity contribution in [3.63, 3.8) is 0 Å². The van der Waals surface area contributed by atoms with E-state index in [9.17, 15) is 4.79 Å². The van der Waals surface area contributed by atoms with Crippen LogP contribution in [0.15, 0.2) is 18.3 Å². The van der Waals surface area contributed by atoms with Gasteiger partial charge in [0.05, 0.1) is 11.7 Å². The van der Waals surface area contributed by atoms with E-state index >= 15 is 0 Å². The third kappa shape index (κ3) is 2.10. The minimum Gasteiger partial charge on any atom is -0.275 e. The summed E-state index contributed by atoms with van der Waals surface area (Å²) in [4.78, 5) is 11.9. The Bertz CT molecular complexity index is 422. The van der Waals surface area contributed by atoms with Crippen LogP contribution in [0.5, 0.6) is 0 Å². The predicted octanol–water partition coefficient (Wildman–Crippen LogP) is 1.54. The first-order valence-electron chi connectivity index (χ1n) is 6.71. The number of hydrazine groups is 1. The number of carbonyl (C=O) groups is 1. The average Bonchev–Trinajstić information content (AvgIpc) is 2.86. The summed E-state index contributed by atoms with van der Waals surface area (Å²) in [6, 6.07) is 4.15. The summed E-state index contributed by atoms with van der Waals surface area (Å²) in [7, 11) is 0. The molecule has 2 aliphatic rings. The second-order valence-corrected chi connectivity index (χ2v) is 4.94. The summed E-state index contributed by atoms with van der Waals surface area (Å²) in [5.74, 6) is 0.255. The van der Waals surface area contributed by atoms with Crippen LogP contribution in [0.4, 0.5) is 0 Å². The molecule has 0 radical (unpaired) electrons. The van der Waals surface area contributed by atoms with Crippen LogP contribution in [-0.4, -0.2) is 39.2 Å². The van der Waals surface area contributed by atoms with Gasteiger partial charge in [-0.05, 0) is 31.4 Å². The molecule has 1 atom stereocenters. The molecular weight excluding hydrogens is 228 g/mol. The summed E-state index contributed by atoms with van der Waals surface area (Å²) in [5, 5.41) is 12.3. The standard InChI is InChI=1S/C13H18N4O/c18-13-7-4-10-17(13)16-9-2-1-6-12(16)11-5-3-8-14-15-11/h3,5,8,12H,1-2,4,6-7,9-10H2. The monoisotopic (exact) mass is 246 g/mol. The van der Waals surface area contributed by atoms with Gasteiger partial charge in [0, 0.05) is 25.7 Å². The number of rotatable bonds is 2. The molecule has 0 bridgehead atoms. The fourth-order valence-corrected chi connectivity index (χ4v) is 2.90. The SMILES string of the molecule is O=C1CCCN1N1CCCCC1c1cccnn1. The molecule has 0 aliphatic carbocycles. The molecule has 1 aromatic heterocycles. The minimum absolute atomic E-state index is 0.217. The summed E-state index contributed by atoms with van der Waals surface area (Å²) in [5.41, 5.74) is 0.983. The smallest absolute Gasteiger partial charge is 0.236 e. The summed E-state index contributed by atoms with van der Waals surface area (Å²) >= 11 is 0. The fourth-order valence-electron chi connectivity index (χ4n) is 2.90. The minimum atomic E-state index is 0.217. The van der Waals surface area contributed by atoms with Gasteiger partial charge in [0.2, 0.25) is 5.91 Å². The first-order chi connectivity index (χ1) is 8.86. The molecule has 0 aromatic carbocycles. The van der Waals surface area contributed by atoms with Crippen LogP contribution in [0.25, 0.3) is 0 Å². The number of hydrogen-bond donors (Lipinski definition) is 0. The van der Waals surface area contributed by atoms with E-state index in [0.29, 0.717) is 6.42 Å². The van der Waals surface area contributed by atoms with Crippen LogP contribution in [0, 0.1) is 0 Å². The van der Waals surface area contributed by atoms with Crippen molar-refractivity contribution in [1.29, 1.82) is 0 Å². The van der Waals surface area contributed by atoms with Gasteiger partial charge in [-0.2, -0.15) is 10.2 Å². The largest absolute Gasteiger partial charge is 0.275 e. The Balaban J connectivity index is 1.84. The van der Waals surface area contributed by atoms with E-state index < -0.39 is 0 Å². The highest BCUT2D eigenvalue weighted by atomic mass is 16.2. The van der Waals surface area contributed by atoms with Gasteiger partial charge in [-0.1, -0.05) is 6.42 Å². The molecule has 1 unspecified atom stereocenters. The molecule has 3 heterocycles. The lowest BCUT2D eigenvalue weighted by Gasteiger charge is -2.40. The molecule has 5 nitrogen and oxygen atoms in total. The lowest BCUT2D eigenvalue weighted by molar-refractivity contribution is -0.150.